The number of halogens is 1. The van der Waals surface area contributed by atoms with Gasteiger partial charge in [0.05, 0.1) is 12.2 Å². The molecule has 1 unspecified atom stereocenters. The van der Waals surface area contributed by atoms with Gasteiger partial charge in [-0.05, 0) is 20.3 Å². The minimum absolute atomic E-state index is 0.286. The van der Waals surface area contributed by atoms with Crippen LogP contribution in [0.2, 0.25) is 0 Å². The lowest BCUT2D eigenvalue weighted by atomic mass is 10.0. The van der Waals surface area contributed by atoms with Gasteiger partial charge in [-0.1, -0.05) is 0 Å². The van der Waals surface area contributed by atoms with Crippen LogP contribution in [0.25, 0.3) is 0 Å². The van der Waals surface area contributed by atoms with Crippen molar-refractivity contribution in [2.75, 3.05) is 19.6 Å². The van der Waals surface area contributed by atoms with Crippen LogP contribution in [0.4, 0.5) is 4.39 Å². The topological polar surface area (TPSA) is 63.9 Å². The van der Waals surface area contributed by atoms with E-state index < -0.39 is 24.0 Å². The summed E-state index contributed by atoms with van der Waals surface area (Å²) in [5, 5.41) is 28.1. The van der Waals surface area contributed by atoms with Crippen LogP contribution in [0.15, 0.2) is 0 Å². The molecule has 90 valence electrons. The Balaban J connectivity index is 2.38. The summed E-state index contributed by atoms with van der Waals surface area (Å²) in [6.07, 6.45) is -2.63. The maximum Gasteiger partial charge on any atom is 0.108 e. The highest BCUT2D eigenvalue weighted by Crippen LogP contribution is 2.17. The second kappa shape index (κ2) is 4.74. The van der Waals surface area contributed by atoms with E-state index in [0.717, 1.165) is 0 Å². The zero-order chi connectivity index (χ0) is 11.6. The number of piperidine rings is 1. The third-order valence-corrected chi connectivity index (χ3v) is 2.70. The molecule has 15 heavy (non-hydrogen) atoms. The van der Waals surface area contributed by atoms with Gasteiger partial charge in [0, 0.05) is 19.6 Å². The molecule has 0 saturated carbocycles. The van der Waals surface area contributed by atoms with Gasteiger partial charge in [-0.15, -0.1) is 0 Å². The number of likely N-dealkylation sites (tertiary alicyclic amines) is 1. The van der Waals surface area contributed by atoms with Crippen LogP contribution in [0.3, 0.4) is 0 Å². The first-order valence-electron chi connectivity index (χ1n) is 5.25. The summed E-state index contributed by atoms with van der Waals surface area (Å²) in [5.41, 5.74) is -1.24. The van der Waals surface area contributed by atoms with Crippen LogP contribution in [0, 0.1) is 0 Å². The molecule has 1 fully saturated rings. The lowest BCUT2D eigenvalue weighted by Crippen LogP contribution is -2.55. The zero-order valence-electron chi connectivity index (χ0n) is 9.23. The number of aliphatic hydroxyl groups excluding tert-OH is 3. The summed E-state index contributed by atoms with van der Waals surface area (Å²) in [7, 11) is 0. The highest BCUT2D eigenvalue weighted by atomic mass is 19.1. The molecule has 3 atom stereocenters. The van der Waals surface area contributed by atoms with Crippen molar-refractivity contribution in [1.29, 1.82) is 0 Å². The standard InChI is InChI=1S/C10H20FNO3/c1-10(2,11)3-4-12-5-7(13)9(15)8(14)6-12/h7-9,13-15H,3-6H2,1-2H3/t7-,8+,9?. The van der Waals surface area contributed by atoms with E-state index in [-0.39, 0.29) is 13.1 Å². The molecule has 0 spiro atoms. The van der Waals surface area contributed by atoms with Gasteiger partial charge >= 0.3 is 0 Å². The van der Waals surface area contributed by atoms with Crippen molar-refractivity contribution >= 4 is 0 Å². The summed E-state index contributed by atoms with van der Waals surface area (Å²) < 4.78 is 13.2. The Morgan fingerprint density at radius 1 is 1.20 bits per heavy atom. The quantitative estimate of drug-likeness (QED) is 0.602. The fourth-order valence-corrected chi connectivity index (χ4v) is 1.68. The third kappa shape index (κ3) is 4.03. The van der Waals surface area contributed by atoms with E-state index in [1.54, 1.807) is 4.90 Å². The minimum atomic E-state index is -1.24. The van der Waals surface area contributed by atoms with E-state index >= 15 is 0 Å². The molecule has 0 aromatic rings. The van der Waals surface area contributed by atoms with Crippen molar-refractivity contribution in [3.63, 3.8) is 0 Å². The van der Waals surface area contributed by atoms with Gasteiger partial charge in [-0.2, -0.15) is 0 Å². The number of hydrogen-bond donors (Lipinski definition) is 3. The van der Waals surface area contributed by atoms with E-state index in [1.165, 1.54) is 13.8 Å². The first-order chi connectivity index (χ1) is 6.79. The van der Waals surface area contributed by atoms with Gasteiger partial charge in [0.15, 0.2) is 0 Å². The number of rotatable bonds is 3. The van der Waals surface area contributed by atoms with E-state index in [2.05, 4.69) is 0 Å². The first kappa shape index (κ1) is 12.8. The highest BCUT2D eigenvalue weighted by Gasteiger charge is 2.33. The van der Waals surface area contributed by atoms with Crippen LogP contribution in [0.5, 0.6) is 0 Å². The molecule has 1 heterocycles. The Kier molecular flexibility index (Phi) is 4.06. The number of hydrogen-bond acceptors (Lipinski definition) is 4. The molecule has 1 rings (SSSR count). The Morgan fingerprint density at radius 3 is 2.07 bits per heavy atom. The molecule has 0 amide bonds. The molecule has 0 radical (unpaired) electrons. The molecule has 4 nitrogen and oxygen atoms in total. The number of β-amino-alcohol motifs (C(OH)–C–C–N with tert-alkyl or cyclic N) is 2. The van der Waals surface area contributed by atoms with E-state index in [4.69, 9.17) is 0 Å². The molecular formula is C10H20FNO3. The fraction of sp³-hybridized carbons (Fsp3) is 1.00. The first-order valence-corrected chi connectivity index (χ1v) is 5.25. The van der Waals surface area contributed by atoms with Crippen LogP contribution < -0.4 is 0 Å². The Hall–Kier alpha value is -0.230. The van der Waals surface area contributed by atoms with Gasteiger partial charge in [-0.25, -0.2) is 4.39 Å². The molecule has 5 heteroatoms. The SMILES string of the molecule is CC(C)(F)CCN1C[C@@H](O)C(O)[C@@H](O)C1. The molecule has 0 aromatic carbocycles. The monoisotopic (exact) mass is 221 g/mol. The van der Waals surface area contributed by atoms with E-state index in [1.807, 2.05) is 0 Å². The van der Waals surface area contributed by atoms with Gasteiger partial charge in [0.25, 0.3) is 0 Å². The van der Waals surface area contributed by atoms with Crippen molar-refractivity contribution in [2.45, 2.75) is 44.2 Å². The van der Waals surface area contributed by atoms with Gasteiger partial charge in [0.1, 0.15) is 11.8 Å². The smallest absolute Gasteiger partial charge is 0.108 e. The molecule has 0 aliphatic carbocycles. The second-order valence-electron chi connectivity index (χ2n) is 4.85. The molecule has 1 saturated heterocycles. The molecule has 1 aliphatic heterocycles. The average molecular weight is 221 g/mol. The minimum Gasteiger partial charge on any atom is -0.389 e. The maximum absolute atomic E-state index is 13.2. The molecule has 3 N–H and O–H groups in total. The van der Waals surface area contributed by atoms with Gasteiger partial charge in [0.2, 0.25) is 0 Å². The van der Waals surface area contributed by atoms with E-state index in [0.29, 0.717) is 13.0 Å². The predicted octanol–water partition coefficient (Wildman–Crippen LogP) is -0.477. The van der Waals surface area contributed by atoms with E-state index in [9.17, 15) is 19.7 Å². The average Bonchev–Trinajstić information content (AvgIpc) is 2.09. The summed E-state index contributed by atoms with van der Waals surface area (Å²) in [6.45, 7) is 4.05. The van der Waals surface area contributed by atoms with Gasteiger partial charge in [-0.3, -0.25) is 4.90 Å². The predicted molar refractivity (Wildman–Crippen MR) is 54.3 cm³/mol. The molecular weight excluding hydrogens is 201 g/mol. The fourth-order valence-electron chi connectivity index (χ4n) is 1.68. The van der Waals surface area contributed by atoms with Gasteiger partial charge < -0.3 is 15.3 Å². The Morgan fingerprint density at radius 2 is 1.67 bits per heavy atom. The normalized spacial score (nSPS) is 34.4. The Labute approximate surface area is 89.3 Å². The van der Waals surface area contributed by atoms with Crippen molar-refractivity contribution in [3.05, 3.63) is 0 Å². The number of alkyl halides is 1. The number of aliphatic hydroxyl groups is 3. The van der Waals surface area contributed by atoms with Crippen LogP contribution >= 0.6 is 0 Å². The van der Waals surface area contributed by atoms with Crippen LogP contribution in [0.1, 0.15) is 20.3 Å². The maximum atomic E-state index is 13.2. The van der Waals surface area contributed by atoms with Crippen molar-refractivity contribution < 1.29 is 19.7 Å². The second-order valence-corrected chi connectivity index (χ2v) is 4.85. The van der Waals surface area contributed by atoms with Crippen LogP contribution in [-0.2, 0) is 0 Å². The summed E-state index contributed by atoms with van der Waals surface area (Å²) in [5.74, 6) is 0. The van der Waals surface area contributed by atoms with Crippen molar-refractivity contribution in [1.82, 2.24) is 4.90 Å². The largest absolute Gasteiger partial charge is 0.389 e. The molecule has 1 aliphatic rings. The molecule has 0 aromatic heterocycles. The lowest BCUT2D eigenvalue weighted by Gasteiger charge is -2.37. The van der Waals surface area contributed by atoms with Crippen molar-refractivity contribution in [3.8, 4) is 0 Å². The number of nitrogens with zero attached hydrogens (tertiary/aromatic N) is 1. The summed E-state index contributed by atoms with van der Waals surface area (Å²) >= 11 is 0. The summed E-state index contributed by atoms with van der Waals surface area (Å²) in [4.78, 5) is 1.77. The van der Waals surface area contributed by atoms with Crippen LogP contribution in [-0.4, -0.2) is 63.8 Å². The third-order valence-electron chi connectivity index (χ3n) is 2.70. The Bertz CT molecular complexity index is 195. The lowest BCUT2D eigenvalue weighted by molar-refractivity contribution is -0.111. The molecule has 0 bridgehead atoms. The zero-order valence-corrected chi connectivity index (χ0v) is 9.23. The highest BCUT2D eigenvalue weighted by molar-refractivity contribution is 4.86. The van der Waals surface area contributed by atoms with Crippen molar-refractivity contribution in [2.24, 2.45) is 0 Å². The summed E-state index contributed by atoms with van der Waals surface area (Å²) in [6, 6.07) is 0.